The summed E-state index contributed by atoms with van der Waals surface area (Å²) in [6.45, 7) is 2.10. The minimum absolute atomic E-state index is 0.843. The van der Waals surface area contributed by atoms with E-state index in [1.54, 1.807) is 0 Å². The molecular weight excluding hydrogens is 307 g/mol. The van der Waals surface area contributed by atoms with Crippen LogP contribution < -0.4 is 0 Å². The van der Waals surface area contributed by atoms with E-state index < -0.39 is 0 Å². The highest BCUT2D eigenvalue weighted by Crippen LogP contribution is 2.13. The van der Waals surface area contributed by atoms with Gasteiger partial charge in [-0.05, 0) is 24.0 Å². The van der Waals surface area contributed by atoms with Crippen LogP contribution in [0.3, 0.4) is 0 Å². The lowest BCUT2D eigenvalue weighted by molar-refractivity contribution is 1.10. The van der Waals surface area contributed by atoms with Crippen LogP contribution in [0.4, 0.5) is 0 Å². The van der Waals surface area contributed by atoms with Crippen molar-refractivity contribution in [3.8, 4) is 0 Å². The maximum Gasteiger partial charge on any atom is 0.203 e. The van der Waals surface area contributed by atoms with E-state index in [4.69, 9.17) is 0 Å². The Bertz CT molecular complexity index is 439. The van der Waals surface area contributed by atoms with Gasteiger partial charge in [-0.3, -0.25) is 0 Å². The molecule has 0 atom stereocenters. The number of aromatic nitrogens is 2. The maximum absolute atomic E-state index is 4.33. The van der Waals surface area contributed by atoms with Crippen LogP contribution in [0.2, 0.25) is 0 Å². The molecule has 14 heavy (non-hydrogen) atoms. The molecule has 0 N–H and O–H groups in total. The minimum Gasteiger partial charge on any atom is -0.214 e. The molecule has 72 valence electrons. The summed E-state index contributed by atoms with van der Waals surface area (Å²) in [5.74, 6) is 0. The van der Waals surface area contributed by atoms with E-state index in [1.165, 1.54) is 22.7 Å². The first-order valence-electron chi connectivity index (χ1n) is 4.27. The number of hydrogen-bond acceptors (Lipinski definition) is 3. The molecule has 2 rings (SSSR count). The van der Waals surface area contributed by atoms with Crippen molar-refractivity contribution >= 4 is 34.1 Å². The molecule has 0 radical (unpaired) electrons. The third-order valence-electron chi connectivity index (χ3n) is 1.88. The average molecular weight is 316 g/mol. The zero-order valence-corrected chi connectivity index (χ0v) is 10.7. The molecule has 0 unspecified atom stereocenters. The standard InChI is InChI=1S/C10H9IN2S/c1-7-3-2-4-8(5-7)6-9-12-10(11)13-14-9/h2-5H,6H2,1H3. The maximum atomic E-state index is 4.33. The second-order valence-corrected chi connectivity index (χ2v) is 4.92. The van der Waals surface area contributed by atoms with Gasteiger partial charge in [0.25, 0.3) is 0 Å². The van der Waals surface area contributed by atoms with Gasteiger partial charge in [0.15, 0.2) is 0 Å². The van der Waals surface area contributed by atoms with Crippen molar-refractivity contribution in [2.24, 2.45) is 0 Å². The molecule has 0 aliphatic heterocycles. The van der Waals surface area contributed by atoms with Crippen LogP contribution in [0.25, 0.3) is 0 Å². The van der Waals surface area contributed by atoms with Gasteiger partial charge in [-0.1, -0.05) is 29.8 Å². The number of rotatable bonds is 2. The number of hydrogen-bond donors (Lipinski definition) is 0. The first kappa shape index (κ1) is 10.0. The molecular formula is C10H9IN2S. The molecule has 1 heterocycles. The summed E-state index contributed by atoms with van der Waals surface area (Å²) >= 11 is 3.62. The van der Waals surface area contributed by atoms with E-state index in [0.29, 0.717) is 0 Å². The SMILES string of the molecule is Cc1cccc(Cc2nc(I)ns2)c1. The molecule has 0 amide bonds. The van der Waals surface area contributed by atoms with Gasteiger partial charge < -0.3 is 0 Å². The van der Waals surface area contributed by atoms with Gasteiger partial charge in [0.2, 0.25) is 3.83 Å². The summed E-state index contributed by atoms with van der Waals surface area (Å²) in [4.78, 5) is 4.33. The Hall–Kier alpha value is -0.490. The molecule has 1 aromatic carbocycles. The Morgan fingerprint density at radius 2 is 2.29 bits per heavy atom. The lowest BCUT2D eigenvalue weighted by Gasteiger charge is -1.98. The van der Waals surface area contributed by atoms with Crippen molar-refractivity contribution in [3.05, 3.63) is 44.2 Å². The Kier molecular flexibility index (Phi) is 3.12. The van der Waals surface area contributed by atoms with Crippen molar-refractivity contribution in [2.75, 3.05) is 0 Å². The first-order chi connectivity index (χ1) is 6.74. The van der Waals surface area contributed by atoms with Crippen molar-refractivity contribution in [3.63, 3.8) is 0 Å². The van der Waals surface area contributed by atoms with Gasteiger partial charge in [0, 0.05) is 29.0 Å². The Balaban J connectivity index is 2.18. The van der Waals surface area contributed by atoms with Crippen molar-refractivity contribution in [2.45, 2.75) is 13.3 Å². The van der Waals surface area contributed by atoms with Crippen LogP contribution in [0.15, 0.2) is 24.3 Å². The molecule has 2 aromatic rings. The second-order valence-electron chi connectivity index (χ2n) is 3.12. The summed E-state index contributed by atoms with van der Waals surface area (Å²) < 4.78 is 5.00. The van der Waals surface area contributed by atoms with Gasteiger partial charge in [-0.2, -0.15) is 4.37 Å². The van der Waals surface area contributed by atoms with Crippen LogP contribution in [0.1, 0.15) is 16.1 Å². The predicted octanol–water partition coefficient (Wildman–Crippen LogP) is 3.04. The Morgan fingerprint density at radius 1 is 1.43 bits per heavy atom. The zero-order valence-electron chi connectivity index (χ0n) is 7.70. The number of nitrogens with zero attached hydrogens (tertiary/aromatic N) is 2. The fraction of sp³-hybridized carbons (Fsp3) is 0.200. The highest BCUT2D eigenvalue weighted by Gasteiger charge is 2.02. The van der Waals surface area contributed by atoms with E-state index >= 15 is 0 Å². The average Bonchev–Trinajstić information content (AvgIpc) is 2.51. The van der Waals surface area contributed by atoms with Crippen LogP contribution in [0, 0.1) is 10.8 Å². The summed E-state index contributed by atoms with van der Waals surface area (Å²) in [7, 11) is 0. The van der Waals surface area contributed by atoms with Crippen LogP contribution >= 0.6 is 34.1 Å². The normalized spacial score (nSPS) is 10.4. The highest BCUT2D eigenvalue weighted by molar-refractivity contribution is 14.1. The molecule has 4 heteroatoms. The minimum atomic E-state index is 0.843. The molecule has 0 fully saturated rings. The summed E-state index contributed by atoms with van der Waals surface area (Å²) in [6.07, 6.45) is 0.891. The van der Waals surface area contributed by atoms with E-state index in [1.807, 2.05) is 0 Å². The van der Waals surface area contributed by atoms with E-state index in [-0.39, 0.29) is 0 Å². The summed E-state index contributed by atoms with van der Waals surface area (Å²) in [6, 6.07) is 8.50. The smallest absolute Gasteiger partial charge is 0.203 e. The molecule has 0 aliphatic carbocycles. The molecule has 1 aromatic heterocycles. The summed E-state index contributed by atoms with van der Waals surface area (Å²) in [5, 5.41) is 1.08. The Morgan fingerprint density at radius 3 is 2.93 bits per heavy atom. The van der Waals surface area contributed by atoms with Gasteiger partial charge in [-0.25, -0.2) is 4.98 Å². The predicted molar refractivity (Wildman–Crippen MR) is 66.6 cm³/mol. The lowest BCUT2D eigenvalue weighted by atomic mass is 10.1. The van der Waals surface area contributed by atoms with Gasteiger partial charge in [-0.15, -0.1) is 0 Å². The topological polar surface area (TPSA) is 25.8 Å². The monoisotopic (exact) mass is 316 g/mol. The fourth-order valence-corrected chi connectivity index (χ4v) is 2.63. The zero-order chi connectivity index (χ0) is 9.97. The van der Waals surface area contributed by atoms with Crippen LogP contribution in [0.5, 0.6) is 0 Å². The first-order valence-corrected chi connectivity index (χ1v) is 6.13. The third-order valence-corrected chi connectivity index (χ3v) is 3.40. The molecule has 0 aliphatic rings. The van der Waals surface area contributed by atoms with Gasteiger partial charge >= 0.3 is 0 Å². The van der Waals surface area contributed by atoms with Gasteiger partial charge in [0.1, 0.15) is 5.01 Å². The molecule has 2 nitrogen and oxygen atoms in total. The largest absolute Gasteiger partial charge is 0.214 e. The third kappa shape index (κ3) is 2.51. The second kappa shape index (κ2) is 4.35. The lowest BCUT2D eigenvalue weighted by Crippen LogP contribution is -1.87. The van der Waals surface area contributed by atoms with Gasteiger partial charge in [0.05, 0.1) is 0 Å². The quantitative estimate of drug-likeness (QED) is 0.796. The number of halogens is 1. The Labute approximate surface area is 101 Å². The van der Waals surface area contributed by atoms with E-state index in [9.17, 15) is 0 Å². The summed E-state index contributed by atoms with van der Waals surface area (Å²) in [5.41, 5.74) is 2.60. The molecule has 0 spiro atoms. The highest BCUT2D eigenvalue weighted by atomic mass is 127. The molecule has 0 saturated carbocycles. The van der Waals surface area contributed by atoms with Crippen molar-refractivity contribution < 1.29 is 0 Å². The number of benzene rings is 1. The van der Waals surface area contributed by atoms with E-state index in [2.05, 4.69) is 63.1 Å². The van der Waals surface area contributed by atoms with Crippen LogP contribution in [-0.2, 0) is 6.42 Å². The number of aryl methyl sites for hydroxylation is 1. The molecule has 0 saturated heterocycles. The molecule has 0 bridgehead atoms. The van der Waals surface area contributed by atoms with Crippen molar-refractivity contribution in [1.29, 1.82) is 0 Å². The van der Waals surface area contributed by atoms with Crippen molar-refractivity contribution in [1.82, 2.24) is 9.36 Å². The fourth-order valence-electron chi connectivity index (χ4n) is 1.30. The van der Waals surface area contributed by atoms with Crippen LogP contribution in [-0.4, -0.2) is 9.36 Å². The van der Waals surface area contributed by atoms with E-state index in [0.717, 1.165) is 15.3 Å².